The molecule has 2 aliphatic rings. The van der Waals surface area contributed by atoms with Crippen molar-refractivity contribution in [3.8, 4) is 0 Å². The standard InChI is InChI=1S/C15H22N2/c1-11(2)17-9-12-8-13(16-3)4-5-14(12)15(10-17)6-7-15/h4-5,8,11,16H,6-7,9-10H2,1-3H3. The van der Waals surface area contributed by atoms with Crippen molar-refractivity contribution in [2.75, 3.05) is 18.9 Å². The van der Waals surface area contributed by atoms with Gasteiger partial charge in [-0.25, -0.2) is 0 Å². The van der Waals surface area contributed by atoms with E-state index >= 15 is 0 Å². The molecule has 0 aromatic heterocycles. The number of benzene rings is 1. The molecular formula is C15H22N2. The molecule has 1 aliphatic heterocycles. The minimum atomic E-state index is 0.504. The molecule has 0 unspecified atom stereocenters. The van der Waals surface area contributed by atoms with E-state index in [0.717, 1.165) is 6.54 Å². The summed E-state index contributed by atoms with van der Waals surface area (Å²) in [4.78, 5) is 2.62. The maximum absolute atomic E-state index is 3.25. The van der Waals surface area contributed by atoms with Gasteiger partial charge in [-0.1, -0.05) is 6.07 Å². The van der Waals surface area contributed by atoms with Gasteiger partial charge in [-0.2, -0.15) is 0 Å². The lowest BCUT2D eigenvalue weighted by Gasteiger charge is -2.37. The number of hydrogen-bond acceptors (Lipinski definition) is 2. The van der Waals surface area contributed by atoms with Crippen LogP contribution in [0.25, 0.3) is 0 Å². The summed E-state index contributed by atoms with van der Waals surface area (Å²) < 4.78 is 0. The van der Waals surface area contributed by atoms with Crippen LogP contribution in [0.15, 0.2) is 18.2 Å². The zero-order valence-electron chi connectivity index (χ0n) is 11.1. The molecule has 1 fully saturated rings. The highest BCUT2D eigenvalue weighted by Gasteiger charge is 2.49. The number of hydrogen-bond donors (Lipinski definition) is 1. The van der Waals surface area contributed by atoms with E-state index in [2.05, 4.69) is 42.3 Å². The van der Waals surface area contributed by atoms with Gasteiger partial charge in [0.1, 0.15) is 0 Å². The molecule has 2 heteroatoms. The lowest BCUT2D eigenvalue weighted by molar-refractivity contribution is 0.177. The van der Waals surface area contributed by atoms with E-state index in [1.54, 1.807) is 5.56 Å². The highest BCUT2D eigenvalue weighted by molar-refractivity contribution is 5.52. The Kier molecular flexibility index (Phi) is 2.44. The van der Waals surface area contributed by atoms with Gasteiger partial charge in [0, 0.05) is 37.3 Å². The molecule has 0 amide bonds. The number of anilines is 1. The largest absolute Gasteiger partial charge is 0.388 e. The third-order valence-corrected chi connectivity index (χ3v) is 4.43. The molecule has 1 N–H and O–H groups in total. The first-order valence-electron chi connectivity index (χ1n) is 6.70. The van der Waals surface area contributed by atoms with Crippen LogP contribution >= 0.6 is 0 Å². The quantitative estimate of drug-likeness (QED) is 0.840. The highest BCUT2D eigenvalue weighted by atomic mass is 15.2. The molecular weight excluding hydrogens is 208 g/mol. The molecule has 17 heavy (non-hydrogen) atoms. The van der Waals surface area contributed by atoms with Crippen molar-refractivity contribution < 1.29 is 0 Å². The molecule has 1 saturated carbocycles. The van der Waals surface area contributed by atoms with Crippen molar-refractivity contribution in [3.05, 3.63) is 29.3 Å². The average molecular weight is 230 g/mol. The monoisotopic (exact) mass is 230 g/mol. The summed E-state index contributed by atoms with van der Waals surface area (Å²) in [6.45, 7) is 6.99. The van der Waals surface area contributed by atoms with Gasteiger partial charge < -0.3 is 5.32 Å². The fourth-order valence-corrected chi connectivity index (χ4v) is 3.09. The smallest absolute Gasteiger partial charge is 0.0341 e. The second-order valence-electron chi connectivity index (χ2n) is 5.90. The van der Waals surface area contributed by atoms with Crippen molar-refractivity contribution in [1.82, 2.24) is 4.90 Å². The van der Waals surface area contributed by atoms with Gasteiger partial charge in [0.2, 0.25) is 0 Å². The molecule has 2 nitrogen and oxygen atoms in total. The summed E-state index contributed by atoms with van der Waals surface area (Å²) in [6.07, 6.45) is 2.75. The van der Waals surface area contributed by atoms with E-state index in [1.807, 2.05) is 7.05 Å². The van der Waals surface area contributed by atoms with E-state index in [4.69, 9.17) is 0 Å². The molecule has 1 aliphatic carbocycles. The van der Waals surface area contributed by atoms with Crippen LogP contribution in [0.2, 0.25) is 0 Å². The molecule has 1 aromatic rings. The Morgan fingerprint density at radius 3 is 2.65 bits per heavy atom. The van der Waals surface area contributed by atoms with Crippen molar-refractivity contribution in [2.45, 2.75) is 44.7 Å². The average Bonchev–Trinajstić information content (AvgIpc) is 3.08. The Labute approximate surface area is 104 Å². The van der Waals surface area contributed by atoms with Crippen LogP contribution in [0.4, 0.5) is 5.69 Å². The van der Waals surface area contributed by atoms with Gasteiger partial charge in [-0.3, -0.25) is 4.90 Å². The van der Waals surface area contributed by atoms with Crippen LogP contribution in [-0.4, -0.2) is 24.5 Å². The van der Waals surface area contributed by atoms with E-state index in [-0.39, 0.29) is 0 Å². The van der Waals surface area contributed by atoms with Crippen molar-refractivity contribution in [3.63, 3.8) is 0 Å². The lowest BCUT2D eigenvalue weighted by atomic mass is 9.86. The maximum atomic E-state index is 3.25. The van der Waals surface area contributed by atoms with Crippen LogP contribution < -0.4 is 5.32 Å². The van der Waals surface area contributed by atoms with Gasteiger partial charge in [0.05, 0.1) is 0 Å². The number of nitrogens with zero attached hydrogens (tertiary/aromatic N) is 1. The molecule has 0 radical (unpaired) electrons. The van der Waals surface area contributed by atoms with Gasteiger partial charge in [-0.05, 0) is 49.9 Å². The van der Waals surface area contributed by atoms with Crippen LogP contribution in [-0.2, 0) is 12.0 Å². The van der Waals surface area contributed by atoms with Gasteiger partial charge in [0.25, 0.3) is 0 Å². The van der Waals surface area contributed by atoms with Crippen LogP contribution in [0.5, 0.6) is 0 Å². The predicted octanol–water partition coefficient (Wildman–Crippen LogP) is 2.98. The lowest BCUT2D eigenvalue weighted by Crippen LogP contribution is -2.41. The normalized spacial score (nSPS) is 21.6. The van der Waals surface area contributed by atoms with E-state index in [9.17, 15) is 0 Å². The number of nitrogens with one attached hydrogen (secondary N) is 1. The fourth-order valence-electron chi connectivity index (χ4n) is 3.09. The third-order valence-electron chi connectivity index (χ3n) is 4.43. The summed E-state index contributed by atoms with van der Waals surface area (Å²) in [5, 5.41) is 3.25. The summed E-state index contributed by atoms with van der Waals surface area (Å²) >= 11 is 0. The molecule has 1 spiro atoms. The summed E-state index contributed by atoms with van der Waals surface area (Å²) in [5.41, 5.74) is 4.90. The summed E-state index contributed by atoms with van der Waals surface area (Å²) in [5.74, 6) is 0. The minimum Gasteiger partial charge on any atom is -0.388 e. The Bertz CT molecular complexity index is 433. The van der Waals surface area contributed by atoms with Crippen LogP contribution in [0.3, 0.4) is 0 Å². The molecule has 0 atom stereocenters. The molecule has 92 valence electrons. The predicted molar refractivity (Wildman–Crippen MR) is 72.4 cm³/mol. The molecule has 3 rings (SSSR count). The molecule has 1 aromatic carbocycles. The summed E-state index contributed by atoms with van der Waals surface area (Å²) in [7, 11) is 2.00. The topological polar surface area (TPSA) is 15.3 Å². The Morgan fingerprint density at radius 1 is 1.29 bits per heavy atom. The van der Waals surface area contributed by atoms with E-state index in [0.29, 0.717) is 11.5 Å². The Morgan fingerprint density at radius 2 is 2.06 bits per heavy atom. The maximum Gasteiger partial charge on any atom is 0.0341 e. The third kappa shape index (κ3) is 1.75. The molecule has 0 saturated heterocycles. The zero-order chi connectivity index (χ0) is 12.0. The molecule has 0 bridgehead atoms. The Hall–Kier alpha value is -1.02. The first-order chi connectivity index (χ1) is 8.14. The SMILES string of the molecule is CNc1ccc2c(c1)CN(C(C)C)CC21CC1. The van der Waals surface area contributed by atoms with Gasteiger partial charge >= 0.3 is 0 Å². The first-order valence-corrected chi connectivity index (χ1v) is 6.70. The van der Waals surface area contributed by atoms with E-state index < -0.39 is 0 Å². The zero-order valence-corrected chi connectivity index (χ0v) is 11.1. The fraction of sp³-hybridized carbons (Fsp3) is 0.600. The number of fused-ring (bicyclic) bond motifs is 2. The van der Waals surface area contributed by atoms with Crippen molar-refractivity contribution >= 4 is 5.69 Å². The highest BCUT2D eigenvalue weighted by Crippen LogP contribution is 2.52. The summed E-state index contributed by atoms with van der Waals surface area (Å²) in [6, 6.07) is 7.57. The minimum absolute atomic E-state index is 0.504. The molecule has 1 heterocycles. The van der Waals surface area contributed by atoms with E-state index in [1.165, 1.54) is 30.6 Å². The second kappa shape index (κ2) is 3.74. The van der Waals surface area contributed by atoms with Gasteiger partial charge in [0.15, 0.2) is 0 Å². The van der Waals surface area contributed by atoms with Gasteiger partial charge in [-0.15, -0.1) is 0 Å². The van der Waals surface area contributed by atoms with Crippen molar-refractivity contribution in [2.24, 2.45) is 0 Å². The first kappa shape index (κ1) is 11.1. The van der Waals surface area contributed by atoms with Crippen molar-refractivity contribution in [1.29, 1.82) is 0 Å². The van der Waals surface area contributed by atoms with Crippen LogP contribution in [0, 0.1) is 0 Å². The second-order valence-corrected chi connectivity index (χ2v) is 5.90. The van der Waals surface area contributed by atoms with Crippen LogP contribution in [0.1, 0.15) is 37.8 Å². The Balaban J connectivity index is 2.00. The number of rotatable bonds is 2.